The molecule has 0 spiro atoms. The summed E-state index contributed by atoms with van der Waals surface area (Å²) in [5.74, 6) is 2.16. The predicted molar refractivity (Wildman–Crippen MR) is 105 cm³/mol. The molecule has 2 aromatic carbocycles. The third-order valence-corrected chi connectivity index (χ3v) is 3.91. The molecule has 1 unspecified atom stereocenters. The number of hydrogen-bond acceptors (Lipinski definition) is 4. The van der Waals surface area contributed by atoms with Gasteiger partial charge in [0.15, 0.2) is 16.6 Å². The van der Waals surface area contributed by atoms with Crippen molar-refractivity contribution in [1.29, 1.82) is 0 Å². The first-order valence-corrected chi connectivity index (χ1v) is 8.51. The Bertz CT molecular complexity index is 722. The van der Waals surface area contributed by atoms with Crippen LogP contribution >= 0.6 is 12.2 Å². The second-order valence-corrected chi connectivity index (χ2v) is 5.77. The number of rotatable bonds is 7. The molecule has 0 fully saturated rings. The molecule has 0 aliphatic carbocycles. The third-order valence-electron chi connectivity index (χ3n) is 3.69. The molecule has 0 aliphatic rings. The fourth-order valence-electron chi connectivity index (χ4n) is 2.41. The molecule has 0 bridgehead atoms. The van der Waals surface area contributed by atoms with Crippen molar-refractivity contribution in [2.45, 2.75) is 19.9 Å². The molecule has 2 rings (SSSR count). The van der Waals surface area contributed by atoms with E-state index in [0.717, 1.165) is 17.0 Å². The molecule has 0 aliphatic heterocycles. The Morgan fingerprint density at radius 1 is 1.04 bits per heavy atom. The van der Waals surface area contributed by atoms with E-state index in [1.54, 1.807) is 14.2 Å². The molecule has 0 aromatic heterocycles. The van der Waals surface area contributed by atoms with Gasteiger partial charge in [0.25, 0.3) is 0 Å². The molecule has 2 aromatic rings. The molecule has 0 radical (unpaired) electrons. The summed E-state index contributed by atoms with van der Waals surface area (Å²) in [4.78, 5) is 0. The van der Waals surface area contributed by atoms with Crippen molar-refractivity contribution < 1.29 is 14.2 Å². The van der Waals surface area contributed by atoms with Crippen LogP contribution in [-0.4, -0.2) is 25.9 Å². The van der Waals surface area contributed by atoms with Crippen molar-refractivity contribution in [1.82, 2.24) is 5.32 Å². The van der Waals surface area contributed by atoms with Crippen molar-refractivity contribution in [2.24, 2.45) is 0 Å². The average molecular weight is 360 g/mol. The summed E-state index contributed by atoms with van der Waals surface area (Å²) in [5, 5.41) is 6.98. The van der Waals surface area contributed by atoms with Crippen molar-refractivity contribution in [3.8, 4) is 17.2 Å². The van der Waals surface area contributed by atoms with Crippen LogP contribution in [0.4, 0.5) is 5.69 Å². The summed E-state index contributed by atoms with van der Waals surface area (Å²) in [7, 11) is 3.24. The molecule has 1 atom stereocenters. The van der Waals surface area contributed by atoms with Crippen LogP contribution in [0.15, 0.2) is 42.5 Å². The summed E-state index contributed by atoms with van der Waals surface area (Å²) < 4.78 is 16.2. The lowest BCUT2D eigenvalue weighted by Crippen LogP contribution is -2.31. The number of nitrogens with one attached hydrogen (secondary N) is 2. The topological polar surface area (TPSA) is 51.8 Å². The van der Waals surface area contributed by atoms with Crippen molar-refractivity contribution in [3.63, 3.8) is 0 Å². The van der Waals surface area contributed by atoms with E-state index in [9.17, 15) is 0 Å². The molecule has 0 amide bonds. The summed E-state index contributed by atoms with van der Waals surface area (Å²) in [6.07, 6.45) is 0. The molecule has 25 heavy (non-hydrogen) atoms. The average Bonchev–Trinajstić information content (AvgIpc) is 2.62. The first kappa shape index (κ1) is 18.9. The second kappa shape index (κ2) is 9.13. The number of thiocarbonyl (C=S) groups is 1. The highest BCUT2D eigenvalue weighted by molar-refractivity contribution is 7.80. The zero-order valence-electron chi connectivity index (χ0n) is 15.0. The minimum Gasteiger partial charge on any atom is -0.493 e. The van der Waals surface area contributed by atoms with Gasteiger partial charge in [-0.3, -0.25) is 0 Å². The normalized spacial score (nSPS) is 11.4. The van der Waals surface area contributed by atoms with Crippen LogP contribution in [0.1, 0.15) is 25.5 Å². The number of ether oxygens (including phenoxy) is 3. The van der Waals surface area contributed by atoms with Gasteiger partial charge in [-0.05, 0) is 55.9 Å². The highest BCUT2D eigenvalue weighted by Gasteiger charge is 2.12. The van der Waals surface area contributed by atoms with E-state index in [2.05, 4.69) is 10.6 Å². The fraction of sp³-hybridized carbons (Fsp3) is 0.316. The van der Waals surface area contributed by atoms with E-state index in [4.69, 9.17) is 26.4 Å². The zero-order chi connectivity index (χ0) is 18.2. The van der Waals surface area contributed by atoms with Gasteiger partial charge in [-0.2, -0.15) is 0 Å². The van der Waals surface area contributed by atoms with Crippen molar-refractivity contribution >= 4 is 23.0 Å². The van der Waals surface area contributed by atoms with Gasteiger partial charge in [0.2, 0.25) is 0 Å². The number of benzene rings is 2. The minimum absolute atomic E-state index is 0.000869. The van der Waals surface area contributed by atoms with E-state index < -0.39 is 0 Å². The second-order valence-electron chi connectivity index (χ2n) is 5.36. The molecule has 0 saturated heterocycles. The van der Waals surface area contributed by atoms with Gasteiger partial charge in [-0.25, -0.2) is 0 Å². The van der Waals surface area contributed by atoms with Crippen LogP contribution in [0.25, 0.3) is 0 Å². The first-order valence-electron chi connectivity index (χ1n) is 8.10. The third kappa shape index (κ3) is 5.00. The van der Waals surface area contributed by atoms with Gasteiger partial charge < -0.3 is 24.8 Å². The SMILES string of the molecule is CCOc1ccccc1NC(=S)NC(C)c1ccc(OC)c(OC)c1. The van der Waals surface area contributed by atoms with E-state index >= 15 is 0 Å². The zero-order valence-corrected chi connectivity index (χ0v) is 15.8. The van der Waals surface area contributed by atoms with Crippen LogP contribution in [0, 0.1) is 0 Å². The van der Waals surface area contributed by atoms with Crippen molar-refractivity contribution in [3.05, 3.63) is 48.0 Å². The molecule has 0 heterocycles. The Hall–Kier alpha value is -2.47. The standard InChI is InChI=1S/C19H24N2O3S/c1-5-24-16-9-7-6-8-15(16)21-19(25)20-13(2)14-10-11-17(22-3)18(12-14)23-4/h6-13H,5H2,1-4H3,(H2,20,21,25). The quantitative estimate of drug-likeness (QED) is 0.724. The largest absolute Gasteiger partial charge is 0.493 e. The van der Waals surface area contributed by atoms with Gasteiger partial charge in [-0.15, -0.1) is 0 Å². The van der Waals surface area contributed by atoms with Gasteiger partial charge in [0.05, 0.1) is 32.6 Å². The number of anilines is 1. The van der Waals surface area contributed by atoms with E-state index in [1.807, 2.05) is 56.3 Å². The van der Waals surface area contributed by atoms with Crippen LogP contribution in [0.5, 0.6) is 17.2 Å². The van der Waals surface area contributed by atoms with Crippen LogP contribution in [0.3, 0.4) is 0 Å². The number of para-hydroxylation sites is 2. The Kier molecular flexibility index (Phi) is 6.89. The fourth-order valence-corrected chi connectivity index (χ4v) is 2.70. The maximum Gasteiger partial charge on any atom is 0.171 e. The molecule has 5 nitrogen and oxygen atoms in total. The van der Waals surface area contributed by atoms with Gasteiger partial charge in [0, 0.05) is 0 Å². The molecular formula is C19H24N2O3S. The lowest BCUT2D eigenvalue weighted by Gasteiger charge is -2.19. The maximum atomic E-state index is 5.60. The van der Waals surface area contributed by atoms with Crippen LogP contribution in [-0.2, 0) is 0 Å². The van der Waals surface area contributed by atoms with Crippen molar-refractivity contribution in [2.75, 3.05) is 26.1 Å². The first-order chi connectivity index (χ1) is 12.1. The Labute approximate surface area is 154 Å². The summed E-state index contributed by atoms with van der Waals surface area (Å²) >= 11 is 5.43. The Morgan fingerprint density at radius 3 is 2.44 bits per heavy atom. The van der Waals surface area contributed by atoms with Crippen LogP contribution in [0.2, 0.25) is 0 Å². The van der Waals surface area contributed by atoms with Crippen LogP contribution < -0.4 is 24.8 Å². The summed E-state index contributed by atoms with van der Waals surface area (Å²) in [6.45, 7) is 4.58. The summed E-state index contributed by atoms with van der Waals surface area (Å²) in [5.41, 5.74) is 1.88. The molecule has 134 valence electrons. The van der Waals surface area contributed by atoms with E-state index in [1.165, 1.54) is 0 Å². The molecule has 0 saturated carbocycles. The number of hydrogen-bond donors (Lipinski definition) is 2. The Morgan fingerprint density at radius 2 is 1.76 bits per heavy atom. The molecular weight excluding hydrogens is 336 g/mol. The van der Waals surface area contributed by atoms with Gasteiger partial charge in [-0.1, -0.05) is 18.2 Å². The monoisotopic (exact) mass is 360 g/mol. The predicted octanol–water partition coefficient (Wildman–Crippen LogP) is 4.15. The Balaban J connectivity index is 2.05. The lowest BCUT2D eigenvalue weighted by molar-refractivity contribution is 0.342. The smallest absolute Gasteiger partial charge is 0.171 e. The molecule has 6 heteroatoms. The highest BCUT2D eigenvalue weighted by atomic mass is 32.1. The molecule has 2 N–H and O–H groups in total. The minimum atomic E-state index is -0.000869. The van der Waals surface area contributed by atoms with Gasteiger partial charge in [0.1, 0.15) is 5.75 Å². The number of methoxy groups -OCH3 is 2. The van der Waals surface area contributed by atoms with E-state index in [-0.39, 0.29) is 6.04 Å². The van der Waals surface area contributed by atoms with Gasteiger partial charge >= 0.3 is 0 Å². The van der Waals surface area contributed by atoms with E-state index in [0.29, 0.717) is 23.2 Å². The highest BCUT2D eigenvalue weighted by Crippen LogP contribution is 2.30. The lowest BCUT2D eigenvalue weighted by atomic mass is 10.1. The summed E-state index contributed by atoms with van der Waals surface area (Å²) in [6, 6.07) is 13.5. The maximum absolute atomic E-state index is 5.60.